The van der Waals surface area contributed by atoms with Crippen molar-refractivity contribution in [3.05, 3.63) is 48.0 Å². The number of carbonyl (C=O) groups excluding carboxylic acids is 1. The van der Waals surface area contributed by atoms with Crippen LogP contribution in [0, 0.1) is 0 Å². The summed E-state index contributed by atoms with van der Waals surface area (Å²) in [5.74, 6) is 1.92. The largest absolute Gasteiger partial charge is 0.484 e. The number of carbonyl (C=O) groups is 1. The van der Waals surface area contributed by atoms with Crippen molar-refractivity contribution in [1.29, 1.82) is 0 Å². The molecule has 0 bridgehead atoms. The molecule has 2 aliphatic heterocycles. The van der Waals surface area contributed by atoms with Crippen LogP contribution in [0.25, 0.3) is 0 Å². The fourth-order valence-electron chi connectivity index (χ4n) is 2.93. The molecule has 0 spiro atoms. The Kier molecular flexibility index (Phi) is 2.98. The molecule has 0 atom stereocenters. The smallest absolute Gasteiger partial charge is 0.258 e. The van der Waals surface area contributed by atoms with Gasteiger partial charge in [0.05, 0.1) is 12.2 Å². The Hall–Kier alpha value is -2.69. The van der Waals surface area contributed by atoms with E-state index in [9.17, 15) is 4.79 Å². The maximum atomic E-state index is 13.0. The van der Waals surface area contributed by atoms with Gasteiger partial charge in [-0.05, 0) is 44.2 Å². The molecular formula is C18H17NO4. The molecule has 4 rings (SSSR count). The van der Waals surface area contributed by atoms with Gasteiger partial charge in [0.15, 0.2) is 11.5 Å². The van der Waals surface area contributed by atoms with E-state index in [1.165, 1.54) is 0 Å². The summed E-state index contributed by atoms with van der Waals surface area (Å²) in [6.07, 6.45) is 0. The first-order chi connectivity index (χ1) is 11.0. The Labute approximate surface area is 134 Å². The number of para-hydroxylation sites is 2. The minimum Gasteiger partial charge on any atom is -0.484 e. The SMILES string of the molecule is CC1(C)CN(C(=O)c2ccc3c(c2)OCO3)c2ccccc2O1. The van der Waals surface area contributed by atoms with Crippen LogP contribution in [0.2, 0.25) is 0 Å². The highest BCUT2D eigenvalue weighted by Gasteiger charge is 2.35. The number of ether oxygens (including phenoxy) is 3. The predicted octanol–water partition coefficient (Wildman–Crippen LogP) is 3.23. The second kappa shape index (κ2) is 4.91. The monoisotopic (exact) mass is 311 g/mol. The van der Waals surface area contributed by atoms with Crippen LogP contribution in [0.1, 0.15) is 24.2 Å². The molecule has 0 saturated heterocycles. The lowest BCUT2D eigenvalue weighted by atomic mass is 10.0. The summed E-state index contributed by atoms with van der Waals surface area (Å²) in [4.78, 5) is 14.8. The number of nitrogens with zero attached hydrogens (tertiary/aromatic N) is 1. The van der Waals surface area contributed by atoms with Crippen LogP contribution in [0.4, 0.5) is 5.69 Å². The zero-order chi connectivity index (χ0) is 16.0. The van der Waals surface area contributed by atoms with Crippen LogP contribution in [0.5, 0.6) is 17.2 Å². The molecule has 0 radical (unpaired) electrons. The highest BCUT2D eigenvalue weighted by molar-refractivity contribution is 6.07. The van der Waals surface area contributed by atoms with Gasteiger partial charge in [-0.15, -0.1) is 0 Å². The molecule has 1 amide bonds. The van der Waals surface area contributed by atoms with E-state index in [4.69, 9.17) is 14.2 Å². The molecule has 5 nitrogen and oxygen atoms in total. The standard InChI is InChI=1S/C18H17NO4/c1-18(2)10-19(13-5-3-4-6-14(13)23-18)17(20)12-7-8-15-16(9-12)22-11-21-15/h3-9H,10-11H2,1-2H3. The highest BCUT2D eigenvalue weighted by atomic mass is 16.7. The van der Waals surface area contributed by atoms with Crippen LogP contribution >= 0.6 is 0 Å². The van der Waals surface area contributed by atoms with Crippen molar-refractivity contribution >= 4 is 11.6 Å². The van der Waals surface area contributed by atoms with Gasteiger partial charge in [-0.3, -0.25) is 4.79 Å². The van der Waals surface area contributed by atoms with Gasteiger partial charge in [-0.1, -0.05) is 12.1 Å². The first-order valence-corrected chi connectivity index (χ1v) is 7.53. The molecule has 0 aliphatic carbocycles. The van der Waals surface area contributed by atoms with Crippen LogP contribution in [0.3, 0.4) is 0 Å². The van der Waals surface area contributed by atoms with E-state index >= 15 is 0 Å². The number of hydrogen-bond donors (Lipinski definition) is 0. The Balaban J connectivity index is 1.73. The number of anilines is 1. The third-order valence-corrected chi connectivity index (χ3v) is 3.95. The number of hydrogen-bond acceptors (Lipinski definition) is 4. The third kappa shape index (κ3) is 2.38. The number of benzene rings is 2. The van der Waals surface area contributed by atoms with E-state index in [-0.39, 0.29) is 12.7 Å². The van der Waals surface area contributed by atoms with Crippen LogP contribution in [-0.2, 0) is 0 Å². The molecule has 118 valence electrons. The molecule has 0 fully saturated rings. The summed E-state index contributed by atoms with van der Waals surface area (Å²) in [6, 6.07) is 12.9. The molecule has 0 aromatic heterocycles. The van der Waals surface area contributed by atoms with Gasteiger partial charge in [-0.25, -0.2) is 0 Å². The molecular weight excluding hydrogens is 294 g/mol. The maximum Gasteiger partial charge on any atom is 0.258 e. The Bertz CT molecular complexity index is 784. The van der Waals surface area contributed by atoms with Crippen molar-refractivity contribution in [2.45, 2.75) is 19.4 Å². The maximum absolute atomic E-state index is 13.0. The van der Waals surface area contributed by atoms with Crippen molar-refractivity contribution in [3.8, 4) is 17.2 Å². The van der Waals surface area contributed by atoms with Crippen molar-refractivity contribution in [2.24, 2.45) is 0 Å². The average molecular weight is 311 g/mol. The second-order valence-electron chi connectivity index (χ2n) is 6.29. The third-order valence-electron chi connectivity index (χ3n) is 3.95. The zero-order valence-electron chi connectivity index (χ0n) is 13.0. The predicted molar refractivity (Wildman–Crippen MR) is 85.4 cm³/mol. The topological polar surface area (TPSA) is 48.0 Å². The molecule has 2 aromatic rings. The van der Waals surface area contributed by atoms with Gasteiger partial charge in [0.1, 0.15) is 11.4 Å². The van der Waals surface area contributed by atoms with E-state index in [1.54, 1.807) is 23.1 Å². The summed E-state index contributed by atoms with van der Waals surface area (Å²) in [6.45, 7) is 4.63. The van der Waals surface area contributed by atoms with Gasteiger partial charge in [0.25, 0.3) is 5.91 Å². The molecule has 0 N–H and O–H groups in total. The van der Waals surface area contributed by atoms with E-state index in [0.717, 1.165) is 11.4 Å². The summed E-state index contributed by atoms with van der Waals surface area (Å²) >= 11 is 0. The lowest BCUT2D eigenvalue weighted by molar-refractivity contribution is 0.0836. The van der Waals surface area contributed by atoms with Gasteiger partial charge < -0.3 is 19.1 Å². The summed E-state index contributed by atoms with van der Waals surface area (Å²) in [5, 5.41) is 0. The van der Waals surface area contributed by atoms with Gasteiger partial charge in [0, 0.05) is 5.56 Å². The van der Waals surface area contributed by atoms with Gasteiger partial charge in [-0.2, -0.15) is 0 Å². The molecule has 5 heteroatoms. The molecule has 2 aromatic carbocycles. The van der Waals surface area contributed by atoms with Crippen LogP contribution in [-0.4, -0.2) is 24.8 Å². The van der Waals surface area contributed by atoms with E-state index < -0.39 is 5.60 Å². The molecule has 2 heterocycles. The minimum atomic E-state index is -0.444. The highest BCUT2D eigenvalue weighted by Crippen LogP contribution is 2.38. The van der Waals surface area contributed by atoms with E-state index in [0.29, 0.717) is 23.6 Å². The van der Waals surface area contributed by atoms with Gasteiger partial charge in [0.2, 0.25) is 6.79 Å². The van der Waals surface area contributed by atoms with Crippen LogP contribution in [0.15, 0.2) is 42.5 Å². The lowest BCUT2D eigenvalue weighted by Gasteiger charge is -2.39. The molecule has 0 saturated carbocycles. The first-order valence-electron chi connectivity index (χ1n) is 7.53. The Morgan fingerprint density at radius 3 is 2.70 bits per heavy atom. The first kappa shape index (κ1) is 13.9. The number of fused-ring (bicyclic) bond motifs is 2. The minimum absolute atomic E-state index is 0.0767. The van der Waals surface area contributed by atoms with Crippen molar-refractivity contribution in [3.63, 3.8) is 0 Å². The normalized spacial score (nSPS) is 17.4. The summed E-state index contributed by atoms with van der Waals surface area (Å²) < 4.78 is 16.6. The van der Waals surface area contributed by atoms with Crippen molar-refractivity contribution in [2.75, 3.05) is 18.2 Å². The van der Waals surface area contributed by atoms with E-state index in [2.05, 4.69) is 0 Å². The Morgan fingerprint density at radius 2 is 1.83 bits per heavy atom. The lowest BCUT2D eigenvalue weighted by Crippen LogP contribution is -2.49. The fourth-order valence-corrected chi connectivity index (χ4v) is 2.93. The van der Waals surface area contributed by atoms with Gasteiger partial charge >= 0.3 is 0 Å². The molecule has 0 unspecified atom stereocenters. The van der Waals surface area contributed by atoms with Crippen molar-refractivity contribution in [1.82, 2.24) is 0 Å². The quantitative estimate of drug-likeness (QED) is 0.811. The number of rotatable bonds is 1. The average Bonchev–Trinajstić information content (AvgIpc) is 3.00. The van der Waals surface area contributed by atoms with E-state index in [1.807, 2.05) is 38.1 Å². The Morgan fingerprint density at radius 1 is 1.04 bits per heavy atom. The van der Waals surface area contributed by atoms with Crippen LogP contribution < -0.4 is 19.1 Å². The fraction of sp³-hybridized carbons (Fsp3) is 0.278. The molecule has 23 heavy (non-hydrogen) atoms. The second-order valence-corrected chi connectivity index (χ2v) is 6.29. The molecule has 2 aliphatic rings. The zero-order valence-corrected chi connectivity index (χ0v) is 13.0. The summed E-state index contributed by atoms with van der Waals surface area (Å²) in [7, 11) is 0. The summed E-state index contributed by atoms with van der Waals surface area (Å²) in [5.41, 5.74) is 0.914. The number of amides is 1. The van der Waals surface area contributed by atoms with Crippen molar-refractivity contribution < 1.29 is 19.0 Å².